The third-order valence-corrected chi connectivity index (χ3v) is 2.64. The Hall–Kier alpha value is -0.260. The van der Waals surface area contributed by atoms with E-state index in [4.69, 9.17) is 0 Å². The summed E-state index contributed by atoms with van der Waals surface area (Å²) in [6, 6.07) is 0. The molecule has 0 aromatic heterocycles. The van der Waals surface area contributed by atoms with Gasteiger partial charge in [0.15, 0.2) is 0 Å². The third kappa shape index (κ3) is 6.45. The van der Waals surface area contributed by atoms with Crippen LogP contribution in [0.1, 0.15) is 53.4 Å². The third-order valence-electron chi connectivity index (χ3n) is 2.64. The molecular weight excluding hydrogens is 144 g/mol. The molecule has 0 aliphatic carbocycles. The van der Waals surface area contributed by atoms with Crippen molar-refractivity contribution in [1.82, 2.24) is 0 Å². The highest BCUT2D eigenvalue weighted by atomic mass is 14.0. The number of hydrogen-bond acceptors (Lipinski definition) is 0. The average Bonchev–Trinajstić information content (AvgIpc) is 2.11. The van der Waals surface area contributed by atoms with Gasteiger partial charge in [0.2, 0.25) is 0 Å². The van der Waals surface area contributed by atoms with E-state index in [2.05, 4.69) is 39.8 Å². The maximum absolute atomic E-state index is 2.35. The predicted octanol–water partition coefficient (Wildman–Crippen LogP) is 4.42. The van der Waals surface area contributed by atoms with Crippen LogP contribution in [0, 0.1) is 11.8 Å². The Morgan fingerprint density at radius 3 is 1.42 bits per heavy atom. The van der Waals surface area contributed by atoms with Crippen molar-refractivity contribution >= 4 is 0 Å². The molecular formula is C12H24. The van der Waals surface area contributed by atoms with E-state index in [0.29, 0.717) is 0 Å². The Morgan fingerprint density at radius 2 is 1.17 bits per heavy atom. The van der Waals surface area contributed by atoms with E-state index in [0.717, 1.165) is 11.8 Å². The summed E-state index contributed by atoms with van der Waals surface area (Å²) < 4.78 is 0. The van der Waals surface area contributed by atoms with E-state index >= 15 is 0 Å². The zero-order chi connectivity index (χ0) is 9.40. The lowest BCUT2D eigenvalue weighted by Gasteiger charge is -2.04. The Morgan fingerprint density at radius 1 is 0.833 bits per heavy atom. The van der Waals surface area contributed by atoms with Crippen LogP contribution in [0.5, 0.6) is 0 Å². The van der Waals surface area contributed by atoms with Crippen LogP contribution in [0.25, 0.3) is 0 Å². The maximum Gasteiger partial charge on any atom is -0.0325 e. The first kappa shape index (κ1) is 11.7. The molecule has 0 saturated heterocycles. The molecule has 0 aromatic carbocycles. The van der Waals surface area contributed by atoms with Gasteiger partial charge in [0.05, 0.1) is 0 Å². The van der Waals surface area contributed by atoms with Gasteiger partial charge in [-0.15, -0.1) is 0 Å². The fourth-order valence-corrected chi connectivity index (χ4v) is 0.990. The molecule has 72 valence electrons. The molecule has 0 aliphatic rings. The second kappa shape index (κ2) is 7.39. The zero-order valence-electron chi connectivity index (χ0n) is 9.14. The normalized spacial score (nSPS) is 16.7. The molecule has 0 rings (SSSR count). The summed E-state index contributed by atoms with van der Waals surface area (Å²) in [5.41, 5.74) is 0. The first-order valence-corrected chi connectivity index (χ1v) is 5.35. The van der Waals surface area contributed by atoms with Gasteiger partial charge in [-0.3, -0.25) is 0 Å². The Balaban J connectivity index is 3.36. The van der Waals surface area contributed by atoms with E-state index < -0.39 is 0 Å². The molecule has 0 fully saturated rings. The molecule has 0 heteroatoms. The second-order valence-electron chi connectivity index (χ2n) is 3.97. The van der Waals surface area contributed by atoms with Gasteiger partial charge in [0.25, 0.3) is 0 Å². The lowest BCUT2D eigenvalue weighted by molar-refractivity contribution is 0.557. The van der Waals surface area contributed by atoms with E-state index in [9.17, 15) is 0 Å². The van der Waals surface area contributed by atoms with Crippen LogP contribution < -0.4 is 0 Å². The molecule has 0 spiro atoms. The minimum absolute atomic E-state index is 0.859. The summed E-state index contributed by atoms with van der Waals surface area (Å²) in [5.74, 6) is 1.72. The van der Waals surface area contributed by atoms with Crippen LogP contribution in [-0.4, -0.2) is 0 Å². The molecule has 12 heavy (non-hydrogen) atoms. The Labute approximate surface area is 78.1 Å². The lowest BCUT2D eigenvalue weighted by Crippen LogP contribution is -1.90. The maximum atomic E-state index is 2.35. The van der Waals surface area contributed by atoms with Gasteiger partial charge in [-0.05, 0) is 24.7 Å². The summed E-state index contributed by atoms with van der Waals surface area (Å²) in [7, 11) is 0. The van der Waals surface area contributed by atoms with Crippen LogP contribution in [0.3, 0.4) is 0 Å². The van der Waals surface area contributed by atoms with E-state index in [-0.39, 0.29) is 0 Å². The molecule has 2 unspecified atom stereocenters. The first-order valence-electron chi connectivity index (χ1n) is 5.35. The average molecular weight is 168 g/mol. The van der Waals surface area contributed by atoms with Crippen LogP contribution in [0.4, 0.5) is 0 Å². The van der Waals surface area contributed by atoms with Crippen LogP contribution in [-0.2, 0) is 0 Å². The molecule has 0 saturated carbocycles. The SMILES string of the molecule is CCC(C)C/C=C\CC(C)CC. The van der Waals surface area contributed by atoms with Crippen molar-refractivity contribution in [3.05, 3.63) is 12.2 Å². The molecule has 0 N–H and O–H groups in total. The fraction of sp³-hybridized carbons (Fsp3) is 0.833. The molecule has 2 atom stereocenters. The number of hydrogen-bond donors (Lipinski definition) is 0. The van der Waals surface area contributed by atoms with Gasteiger partial charge in [0, 0.05) is 0 Å². The second-order valence-corrected chi connectivity index (χ2v) is 3.97. The highest BCUT2D eigenvalue weighted by Gasteiger charge is 1.95. The molecule has 0 nitrogen and oxygen atoms in total. The largest absolute Gasteiger partial charge is 0.0883 e. The molecule has 0 aliphatic heterocycles. The van der Waals surface area contributed by atoms with Crippen molar-refractivity contribution in [2.75, 3.05) is 0 Å². The smallest absolute Gasteiger partial charge is 0.0325 e. The fourth-order valence-electron chi connectivity index (χ4n) is 0.990. The molecule has 0 bridgehead atoms. The molecule has 0 amide bonds. The van der Waals surface area contributed by atoms with Crippen LogP contribution >= 0.6 is 0 Å². The van der Waals surface area contributed by atoms with Gasteiger partial charge in [0.1, 0.15) is 0 Å². The summed E-state index contributed by atoms with van der Waals surface area (Å²) in [5, 5.41) is 0. The van der Waals surface area contributed by atoms with E-state index in [1.807, 2.05) is 0 Å². The van der Waals surface area contributed by atoms with Gasteiger partial charge in [-0.2, -0.15) is 0 Å². The molecule has 0 heterocycles. The lowest BCUT2D eigenvalue weighted by atomic mass is 10.0. The minimum Gasteiger partial charge on any atom is -0.0883 e. The minimum atomic E-state index is 0.859. The highest BCUT2D eigenvalue weighted by Crippen LogP contribution is 2.10. The first-order chi connectivity index (χ1) is 5.70. The quantitative estimate of drug-likeness (QED) is 0.515. The molecule has 0 radical (unpaired) electrons. The van der Waals surface area contributed by atoms with Crippen molar-refractivity contribution in [2.24, 2.45) is 11.8 Å². The van der Waals surface area contributed by atoms with Crippen molar-refractivity contribution in [3.8, 4) is 0 Å². The topological polar surface area (TPSA) is 0 Å². The van der Waals surface area contributed by atoms with E-state index in [1.54, 1.807) is 0 Å². The summed E-state index contributed by atoms with van der Waals surface area (Å²) in [4.78, 5) is 0. The number of allylic oxidation sites excluding steroid dienone is 2. The Kier molecular flexibility index (Phi) is 7.23. The van der Waals surface area contributed by atoms with Gasteiger partial charge >= 0.3 is 0 Å². The van der Waals surface area contributed by atoms with Crippen molar-refractivity contribution in [3.63, 3.8) is 0 Å². The summed E-state index contributed by atoms with van der Waals surface area (Å²) >= 11 is 0. The standard InChI is InChI=1S/C12H24/c1-5-11(3)9-7-8-10-12(4)6-2/h7-8,11-12H,5-6,9-10H2,1-4H3/b8-7-. The Bertz CT molecular complexity index is 99.2. The predicted molar refractivity (Wildman–Crippen MR) is 57.3 cm³/mol. The monoisotopic (exact) mass is 168 g/mol. The summed E-state index contributed by atoms with van der Waals surface area (Å²) in [6.07, 6.45) is 9.81. The zero-order valence-corrected chi connectivity index (χ0v) is 9.14. The molecule has 0 aromatic rings. The van der Waals surface area contributed by atoms with Gasteiger partial charge in [-0.1, -0.05) is 52.7 Å². The number of rotatable bonds is 6. The highest BCUT2D eigenvalue weighted by molar-refractivity contribution is 4.84. The van der Waals surface area contributed by atoms with Crippen molar-refractivity contribution in [1.29, 1.82) is 0 Å². The van der Waals surface area contributed by atoms with Crippen molar-refractivity contribution in [2.45, 2.75) is 53.4 Å². The van der Waals surface area contributed by atoms with Gasteiger partial charge < -0.3 is 0 Å². The summed E-state index contributed by atoms with van der Waals surface area (Å²) in [6.45, 7) is 9.14. The van der Waals surface area contributed by atoms with Crippen molar-refractivity contribution < 1.29 is 0 Å². The van der Waals surface area contributed by atoms with Crippen LogP contribution in [0.15, 0.2) is 12.2 Å². The van der Waals surface area contributed by atoms with Crippen LogP contribution in [0.2, 0.25) is 0 Å². The van der Waals surface area contributed by atoms with Gasteiger partial charge in [-0.25, -0.2) is 0 Å². The van der Waals surface area contributed by atoms with E-state index in [1.165, 1.54) is 25.7 Å².